The van der Waals surface area contributed by atoms with Crippen molar-refractivity contribution in [2.75, 3.05) is 31.3 Å². The van der Waals surface area contributed by atoms with Gasteiger partial charge in [-0.3, -0.25) is 13.9 Å². The summed E-state index contributed by atoms with van der Waals surface area (Å²) < 4.78 is 46.4. The topological polar surface area (TPSA) is 96.0 Å². The second-order valence-corrected chi connectivity index (χ2v) is 11.0. The first-order chi connectivity index (χ1) is 18.7. The van der Waals surface area contributed by atoms with E-state index in [2.05, 4.69) is 5.32 Å². The molecule has 0 aliphatic heterocycles. The largest absolute Gasteiger partial charge is 0.495 e. The summed E-state index contributed by atoms with van der Waals surface area (Å²) in [5, 5.41) is 2.62. The van der Waals surface area contributed by atoms with Crippen LogP contribution in [0.15, 0.2) is 78.9 Å². The Hall–Kier alpha value is -3.92. The number of nitrogens with one attached hydrogen (secondary N) is 1. The number of rotatable bonds is 13. The highest BCUT2D eigenvalue weighted by atomic mass is 32.2. The molecule has 0 aromatic heterocycles. The van der Waals surface area contributed by atoms with Crippen molar-refractivity contribution in [3.05, 3.63) is 95.8 Å². The maximum absolute atomic E-state index is 14.6. The minimum atomic E-state index is -3.68. The number of likely N-dealkylation sites (N-methyl/N-ethyl adjacent to an activating group) is 1. The number of amides is 2. The van der Waals surface area contributed by atoms with Gasteiger partial charge in [0.05, 0.1) is 19.1 Å². The molecule has 39 heavy (non-hydrogen) atoms. The standard InChI is InChI=1S/C29H34FN3O5S/c1-31-29(35)26(20-22-12-5-4-6-13-22)32(21-23-14-7-8-15-24(23)30)28(34)18-11-19-33(39(3,36)37)25-16-9-10-17-27(25)38-2/h4-10,12-17,26H,11,18-21H2,1-3H3,(H,31,35)/t26-/m0/s1. The molecular formula is C29H34FN3O5S. The van der Waals surface area contributed by atoms with Gasteiger partial charge in [-0.1, -0.05) is 60.7 Å². The molecule has 1 atom stereocenters. The monoisotopic (exact) mass is 555 g/mol. The minimum absolute atomic E-state index is 0.0157. The van der Waals surface area contributed by atoms with Crippen molar-refractivity contribution in [2.24, 2.45) is 0 Å². The van der Waals surface area contributed by atoms with Crippen molar-refractivity contribution in [1.29, 1.82) is 0 Å². The Morgan fingerprint density at radius 1 is 0.974 bits per heavy atom. The first-order valence-corrected chi connectivity index (χ1v) is 14.4. The highest BCUT2D eigenvalue weighted by Gasteiger charge is 2.30. The summed E-state index contributed by atoms with van der Waals surface area (Å²) in [5.41, 5.74) is 1.49. The van der Waals surface area contributed by atoms with Crippen molar-refractivity contribution in [3.63, 3.8) is 0 Å². The van der Waals surface area contributed by atoms with E-state index in [0.717, 1.165) is 11.8 Å². The van der Waals surface area contributed by atoms with Crippen LogP contribution in [0.25, 0.3) is 0 Å². The molecular weight excluding hydrogens is 521 g/mol. The van der Waals surface area contributed by atoms with E-state index < -0.39 is 27.8 Å². The number of benzene rings is 3. The lowest BCUT2D eigenvalue weighted by Crippen LogP contribution is -2.50. The third-order valence-electron chi connectivity index (χ3n) is 6.32. The molecule has 0 aliphatic carbocycles. The molecule has 3 aromatic carbocycles. The summed E-state index contributed by atoms with van der Waals surface area (Å²) in [7, 11) is -0.740. The summed E-state index contributed by atoms with van der Waals surface area (Å²) in [6, 6.07) is 21.2. The Kier molecular flexibility index (Phi) is 10.4. The highest BCUT2D eigenvalue weighted by Crippen LogP contribution is 2.30. The van der Waals surface area contributed by atoms with Crippen LogP contribution in [0.2, 0.25) is 0 Å². The number of nitrogens with zero attached hydrogens (tertiary/aromatic N) is 2. The van der Waals surface area contributed by atoms with Crippen LogP contribution in [-0.4, -0.2) is 58.1 Å². The molecule has 3 rings (SSSR count). The second-order valence-electron chi connectivity index (χ2n) is 9.04. The van der Waals surface area contributed by atoms with E-state index in [1.54, 1.807) is 42.5 Å². The van der Waals surface area contributed by atoms with E-state index in [1.807, 2.05) is 30.3 Å². The maximum atomic E-state index is 14.6. The number of hydrogen-bond donors (Lipinski definition) is 1. The summed E-state index contributed by atoms with van der Waals surface area (Å²) in [6.07, 6.45) is 1.44. The molecule has 8 nitrogen and oxygen atoms in total. The average Bonchev–Trinajstić information content (AvgIpc) is 2.93. The molecule has 0 saturated heterocycles. The van der Waals surface area contributed by atoms with Gasteiger partial charge in [0.2, 0.25) is 21.8 Å². The number of sulfonamides is 1. The number of anilines is 1. The predicted octanol–water partition coefficient (Wildman–Crippen LogP) is 3.77. The SMILES string of the molecule is CNC(=O)[C@H](Cc1ccccc1)N(Cc1ccccc1F)C(=O)CCCN(c1ccccc1OC)S(C)(=O)=O. The number of carbonyl (C=O) groups excluding carboxylic acids is 2. The fourth-order valence-electron chi connectivity index (χ4n) is 4.35. The quantitative estimate of drug-likeness (QED) is 0.347. The van der Waals surface area contributed by atoms with E-state index in [0.29, 0.717) is 11.4 Å². The molecule has 10 heteroatoms. The average molecular weight is 556 g/mol. The normalized spacial score (nSPS) is 11.9. The van der Waals surface area contributed by atoms with Gasteiger partial charge in [0.1, 0.15) is 17.6 Å². The van der Waals surface area contributed by atoms with Gasteiger partial charge in [0.15, 0.2) is 0 Å². The first kappa shape index (κ1) is 29.6. The Balaban J connectivity index is 1.87. The third kappa shape index (κ3) is 8.03. The van der Waals surface area contributed by atoms with Gasteiger partial charge >= 0.3 is 0 Å². The first-order valence-electron chi connectivity index (χ1n) is 12.5. The Labute approximate surface area is 229 Å². The Morgan fingerprint density at radius 2 is 1.62 bits per heavy atom. The zero-order valence-electron chi connectivity index (χ0n) is 22.3. The highest BCUT2D eigenvalue weighted by molar-refractivity contribution is 7.92. The van der Waals surface area contributed by atoms with Crippen LogP contribution < -0.4 is 14.4 Å². The number of ether oxygens (including phenoxy) is 1. The summed E-state index contributed by atoms with van der Waals surface area (Å²) in [6.45, 7) is -0.0967. The van der Waals surface area contributed by atoms with Gasteiger partial charge in [-0.2, -0.15) is 0 Å². The van der Waals surface area contributed by atoms with Crippen LogP contribution in [0.3, 0.4) is 0 Å². The minimum Gasteiger partial charge on any atom is -0.495 e. The molecule has 0 fully saturated rings. The molecule has 0 bridgehead atoms. The van der Waals surface area contributed by atoms with Gasteiger partial charge in [-0.15, -0.1) is 0 Å². The Morgan fingerprint density at radius 3 is 2.26 bits per heavy atom. The number of hydrogen-bond acceptors (Lipinski definition) is 5. The van der Waals surface area contributed by atoms with Crippen LogP contribution in [0.1, 0.15) is 24.0 Å². The molecule has 0 radical (unpaired) electrons. The lowest BCUT2D eigenvalue weighted by Gasteiger charge is -2.31. The van der Waals surface area contributed by atoms with Gasteiger partial charge in [0.25, 0.3) is 0 Å². The molecule has 1 N–H and O–H groups in total. The van der Waals surface area contributed by atoms with Gasteiger partial charge in [-0.05, 0) is 30.2 Å². The van der Waals surface area contributed by atoms with E-state index in [-0.39, 0.29) is 43.8 Å². The smallest absolute Gasteiger partial charge is 0.242 e. The molecule has 3 aromatic rings. The zero-order valence-corrected chi connectivity index (χ0v) is 23.2. The molecule has 0 unspecified atom stereocenters. The molecule has 0 spiro atoms. The molecule has 208 valence electrons. The lowest BCUT2D eigenvalue weighted by atomic mass is 10.0. The van der Waals surface area contributed by atoms with Gasteiger partial charge < -0.3 is 15.0 Å². The van der Waals surface area contributed by atoms with Crippen molar-refractivity contribution in [1.82, 2.24) is 10.2 Å². The van der Waals surface area contributed by atoms with Crippen molar-refractivity contribution < 1.29 is 27.1 Å². The van der Waals surface area contributed by atoms with Gasteiger partial charge in [0, 0.05) is 38.5 Å². The molecule has 0 aliphatic rings. The van der Waals surface area contributed by atoms with Crippen molar-refractivity contribution >= 4 is 27.5 Å². The van der Waals surface area contributed by atoms with Crippen LogP contribution in [0.5, 0.6) is 5.75 Å². The summed E-state index contributed by atoms with van der Waals surface area (Å²) in [4.78, 5) is 28.0. The predicted molar refractivity (Wildman–Crippen MR) is 149 cm³/mol. The second kappa shape index (κ2) is 13.7. The fraction of sp³-hybridized carbons (Fsp3) is 0.310. The van der Waals surface area contributed by atoms with Crippen LogP contribution in [0, 0.1) is 5.82 Å². The van der Waals surface area contributed by atoms with Crippen LogP contribution in [0.4, 0.5) is 10.1 Å². The lowest BCUT2D eigenvalue weighted by molar-refractivity contribution is -0.141. The van der Waals surface area contributed by atoms with Crippen LogP contribution in [-0.2, 0) is 32.6 Å². The summed E-state index contributed by atoms with van der Waals surface area (Å²) in [5.74, 6) is -0.866. The summed E-state index contributed by atoms with van der Waals surface area (Å²) >= 11 is 0. The molecule has 0 saturated carbocycles. The number of carbonyl (C=O) groups is 2. The molecule has 2 amide bonds. The van der Waals surface area contributed by atoms with E-state index in [4.69, 9.17) is 4.74 Å². The number of para-hydroxylation sites is 2. The maximum Gasteiger partial charge on any atom is 0.242 e. The number of methoxy groups -OCH3 is 1. The number of halogens is 1. The van der Waals surface area contributed by atoms with E-state index >= 15 is 0 Å². The van der Waals surface area contributed by atoms with E-state index in [1.165, 1.54) is 29.4 Å². The third-order valence-corrected chi connectivity index (χ3v) is 7.50. The van der Waals surface area contributed by atoms with Crippen LogP contribution >= 0.6 is 0 Å². The Bertz CT molecular complexity index is 1370. The molecule has 0 heterocycles. The van der Waals surface area contributed by atoms with Crippen molar-refractivity contribution in [3.8, 4) is 5.75 Å². The zero-order chi connectivity index (χ0) is 28.4. The fourth-order valence-corrected chi connectivity index (χ4v) is 5.32. The van der Waals surface area contributed by atoms with Gasteiger partial charge in [-0.25, -0.2) is 12.8 Å². The van der Waals surface area contributed by atoms with E-state index in [9.17, 15) is 22.4 Å². The van der Waals surface area contributed by atoms with Crippen molar-refractivity contribution in [2.45, 2.75) is 31.8 Å².